The van der Waals surface area contributed by atoms with Gasteiger partial charge in [0.15, 0.2) is 21.2 Å². The maximum absolute atomic E-state index is 13.0. The number of nitrogens with one attached hydrogen (secondary N) is 2. The van der Waals surface area contributed by atoms with Crippen LogP contribution < -0.4 is 33.2 Å². The number of nitrogens with zero attached hydrogens (tertiary/aromatic N) is 7. The van der Waals surface area contributed by atoms with Crippen LogP contribution in [0.15, 0.2) is 184 Å². The molecule has 10 aromatic rings. The van der Waals surface area contributed by atoms with Gasteiger partial charge in [-0.25, -0.2) is 34.5 Å². The lowest BCUT2D eigenvalue weighted by molar-refractivity contribution is -0.138. The van der Waals surface area contributed by atoms with Crippen molar-refractivity contribution in [2.24, 2.45) is 0 Å². The molecule has 0 atom stereocenters. The summed E-state index contributed by atoms with van der Waals surface area (Å²) in [6.45, 7) is 3.36. The number of anilines is 4. The van der Waals surface area contributed by atoms with Crippen molar-refractivity contribution >= 4 is 100 Å². The number of carboxylic acid groups (broad SMARTS) is 2. The Balaban J connectivity index is 0.000000154. The van der Waals surface area contributed by atoms with Gasteiger partial charge in [-0.2, -0.15) is 26.3 Å². The van der Waals surface area contributed by atoms with Gasteiger partial charge < -0.3 is 32.3 Å². The van der Waals surface area contributed by atoms with Crippen LogP contribution in [0.25, 0.3) is 45.1 Å². The summed E-state index contributed by atoms with van der Waals surface area (Å²) in [6, 6.07) is 34.5. The Bertz CT molecular complexity index is 4680. The summed E-state index contributed by atoms with van der Waals surface area (Å²) in [5.41, 5.74) is 15.3. The van der Waals surface area contributed by atoms with Crippen molar-refractivity contribution in [3.8, 4) is 45.1 Å². The predicted octanol–water partition coefficient (Wildman–Crippen LogP) is 17.7. The van der Waals surface area contributed by atoms with Crippen LogP contribution in [-0.4, -0.2) is 75.6 Å². The molecule has 0 aliphatic heterocycles. The number of hydrogen-bond donors (Lipinski definition) is 6. The molecule has 520 valence electrons. The van der Waals surface area contributed by atoms with Gasteiger partial charge in [-0.15, -0.1) is 34.0 Å². The Morgan fingerprint density at radius 2 is 1.06 bits per heavy atom. The molecular weight excluding hydrogens is 1440 g/mol. The highest BCUT2D eigenvalue weighted by Crippen LogP contribution is 2.51. The summed E-state index contributed by atoms with van der Waals surface area (Å²) >= 11 is 13.3. The fourth-order valence-corrected chi connectivity index (χ4v) is 13.3. The molecule has 3 saturated carbocycles. The van der Waals surface area contributed by atoms with Crippen LogP contribution in [0.3, 0.4) is 0 Å². The summed E-state index contributed by atoms with van der Waals surface area (Å²) in [5, 5.41) is 24.9. The number of benzene rings is 3. The first-order valence-corrected chi connectivity index (χ1v) is 34.8. The van der Waals surface area contributed by atoms with Crippen molar-refractivity contribution in [2.45, 2.75) is 94.8 Å². The lowest BCUT2D eigenvalue weighted by atomic mass is 10.1. The second-order valence-corrected chi connectivity index (χ2v) is 27.3. The fraction of sp³-hybridized carbons (Fsp3) is 0.239. The lowest BCUT2D eigenvalue weighted by Crippen LogP contribution is -2.15. The molecule has 0 radical (unpaired) electrons. The van der Waals surface area contributed by atoms with Crippen molar-refractivity contribution in [2.75, 3.05) is 30.4 Å². The first kappa shape index (κ1) is 74.8. The van der Waals surface area contributed by atoms with Gasteiger partial charge in [0.2, 0.25) is 0 Å². The number of aromatic nitrogens is 7. The molecule has 7 aromatic heterocycles. The quantitative estimate of drug-likeness (QED) is 0.0316. The van der Waals surface area contributed by atoms with E-state index in [4.69, 9.17) is 28.2 Å². The van der Waals surface area contributed by atoms with Crippen molar-refractivity contribution < 1.29 is 50.9 Å². The van der Waals surface area contributed by atoms with Crippen molar-refractivity contribution in [1.82, 2.24) is 39.4 Å². The number of rotatable bonds is 15. The number of carboxylic acids is 2. The molecule has 3 fully saturated rings. The van der Waals surface area contributed by atoms with E-state index in [9.17, 15) is 55.4 Å². The largest absolute Gasteiger partial charge is 0.478 e. The highest BCUT2D eigenvalue weighted by Gasteiger charge is 2.36. The van der Waals surface area contributed by atoms with E-state index < -0.39 is 51.7 Å². The Kier molecular flexibility index (Phi) is 25.5. The molecule has 4 aliphatic carbocycles. The molecule has 0 spiro atoms. The van der Waals surface area contributed by atoms with Gasteiger partial charge in [0.25, 0.3) is 11.1 Å². The molecule has 100 heavy (non-hydrogen) atoms. The van der Waals surface area contributed by atoms with Gasteiger partial charge in [-0.1, -0.05) is 108 Å². The van der Waals surface area contributed by atoms with Crippen LogP contribution in [0.5, 0.6) is 0 Å². The number of nitrogens with two attached hydrogens (primary N) is 2. The van der Waals surface area contributed by atoms with E-state index in [2.05, 4.69) is 70.5 Å². The number of halogens is 8. The van der Waals surface area contributed by atoms with E-state index in [0.717, 1.165) is 62.5 Å². The molecule has 18 nitrogen and oxygen atoms in total. The van der Waals surface area contributed by atoms with Gasteiger partial charge in [0, 0.05) is 90.5 Å². The summed E-state index contributed by atoms with van der Waals surface area (Å²) in [5.74, 6) is -1.45. The van der Waals surface area contributed by atoms with E-state index in [1.54, 1.807) is 88.2 Å². The molecule has 29 heteroatoms. The topological polar surface area (TPSA) is 276 Å². The number of aromatic carboxylic acids is 2. The van der Waals surface area contributed by atoms with Crippen molar-refractivity contribution in [3.63, 3.8) is 0 Å². The molecule has 0 unspecified atom stereocenters. The molecule has 7 heterocycles. The number of nitrogen functional groups attached to an aromatic ring is 2. The standard InChI is InChI=1S/C24H17F3N4O3S.C17H15N3OS.C12H11BrN2S.C7H3ClF3NO2.C6H6O.C5H13N/c25-24(26,27)15-11-17(22(33)34)21(28-12-15)30-23-29-19(20(35-23)14-4-5-14)13-6-8-16(9-7-13)31-10-2-1-3-18(31)32;18-17-19-15(16(22-17)12-4-5-12)11-6-8-13(9-7-11)20-10-2-1-3-14(20)21;13-9-5-3-7(4-6-9)10-11(8-1-2-8)16-12(14)15-10;8-5-4(6(13)14)1-3(2-12-5)7(9,10)11;7-6-4-2-1-3-5-6;1-3-4-5-6-2/h1-3,6-12,14H,4-5H2,(H,33,34)(H,28,29,30);1-3,6-10,12H,4-5H2,(H2,18,19);3-6,8H,1-2H2,(H2,14,15);1-2H,(H,13,14);1-4H,5H2;6H,3-5H2,1-2H3. The molecule has 4 aliphatic rings. The smallest absolute Gasteiger partial charge is 0.417 e. The van der Waals surface area contributed by atoms with Crippen LogP contribution in [0.1, 0.15) is 129 Å². The summed E-state index contributed by atoms with van der Waals surface area (Å²) in [6.07, 6.45) is 12.4. The maximum atomic E-state index is 13.0. The van der Waals surface area contributed by atoms with E-state index >= 15 is 0 Å². The number of carbonyl (C=O) groups excluding carboxylic acids is 1. The first-order chi connectivity index (χ1) is 47.8. The fourth-order valence-electron chi connectivity index (χ4n) is 9.60. The van der Waals surface area contributed by atoms with Gasteiger partial charge >= 0.3 is 24.3 Å². The minimum atomic E-state index is -4.71. The second-order valence-electron chi connectivity index (χ2n) is 22.8. The average molecular weight is 1510 g/mol. The molecule has 8 N–H and O–H groups in total. The monoisotopic (exact) mass is 1510 g/mol. The van der Waals surface area contributed by atoms with Gasteiger partial charge in [0.1, 0.15) is 16.5 Å². The number of ketones is 1. The van der Waals surface area contributed by atoms with E-state index in [1.807, 2.05) is 73.8 Å². The summed E-state index contributed by atoms with van der Waals surface area (Å²) < 4.78 is 79.5. The SMILES string of the molecule is CCCCNC.Nc1nc(-c2ccc(-n3ccccc3=O)cc2)c(C2CC2)s1.Nc1nc(-c2ccc(Br)cc2)c(C2CC2)s1.O=C(O)c1cc(C(F)(F)F)cnc1Cl.O=C(O)c1cc(C(F)(F)F)cnc1Nc1nc(-c2ccc(-n3ccccc3=O)cc2)c(C2CC2)s1.O=C1C=CC=CC1. The highest BCUT2D eigenvalue weighted by molar-refractivity contribution is 9.10. The van der Waals surface area contributed by atoms with Crippen LogP contribution in [0, 0.1) is 0 Å². The normalized spacial score (nSPS) is 13.7. The van der Waals surface area contributed by atoms with Crippen LogP contribution in [0.2, 0.25) is 5.15 Å². The van der Waals surface area contributed by atoms with Gasteiger partial charge in [0.05, 0.1) is 33.8 Å². The number of thiazole rings is 3. The lowest BCUT2D eigenvalue weighted by Gasteiger charge is -2.10. The molecule has 14 rings (SSSR count). The Morgan fingerprint density at radius 1 is 0.620 bits per heavy atom. The van der Waals surface area contributed by atoms with E-state index in [1.165, 1.54) is 70.2 Å². The maximum Gasteiger partial charge on any atom is 0.417 e. The number of hydrogen-bond acceptors (Lipinski definition) is 17. The van der Waals surface area contributed by atoms with Gasteiger partial charge in [-0.3, -0.25) is 23.5 Å². The Labute approximate surface area is 595 Å². The Morgan fingerprint density at radius 3 is 1.44 bits per heavy atom. The molecule has 0 saturated heterocycles. The van der Waals surface area contributed by atoms with Crippen LogP contribution in [-0.2, 0) is 17.1 Å². The minimum Gasteiger partial charge on any atom is -0.478 e. The number of alkyl halides is 6. The zero-order valence-electron chi connectivity index (χ0n) is 53.4. The van der Waals surface area contributed by atoms with Crippen molar-refractivity contribution in [3.05, 3.63) is 238 Å². The number of unbranched alkanes of at least 4 members (excludes halogenated alkanes) is 1. The third kappa shape index (κ3) is 20.8. The number of allylic oxidation sites excluding steroid dienone is 4. The number of carbonyl (C=O) groups is 3. The number of pyridine rings is 4. The first-order valence-electron chi connectivity index (χ1n) is 31.2. The zero-order chi connectivity index (χ0) is 71.8. The predicted molar refractivity (Wildman–Crippen MR) is 384 cm³/mol. The average Bonchev–Trinajstić information content (AvgIpc) is 1.63. The van der Waals surface area contributed by atoms with E-state index in [-0.39, 0.29) is 22.7 Å². The van der Waals surface area contributed by atoms with Crippen molar-refractivity contribution in [1.29, 1.82) is 0 Å². The summed E-state index contributed by atoms with van der Waals surface area (Å²) in [4.78, 5) is 80.3. The third-order valence-corrected chi connectivity index (χ3v) is 19.2. The van der Waals surface area contributed by atoms with E-state index in [0.29, 0.717) is 75.5 Å². The summed E-state index contributed by atoms with van der Waals surface area (Å²) in [7, 11) is 1.98. The Hall–Kier alpha value is -9.45. The molecule has 0 bridgehead atoms. The molecule has 3 aromatic carbocycles. The third-order valence-electron chi connectivity index (χ3n) is 15.1. The van der Waals surface area contributed by atoms with Crippen LogP contribution >= 0.6 is 61.5 Å². The minimum absolute atomic E-state index is 0.0353. The zero-order valence-corrected chi connectivity index (χ0v) is 58.2. The molecule has 0 amide bonds. The van der Waals surface area contributed by atoms with Gasteiger partial charge in [-0.05, 0) is 143 Å². The second kappa shape index (κ2) is 34.1. The molecular formula is C71H65BrClF6N11O7S3. The van der Waals surface area contributed by atoms with Crippen LogP contribution in [0.4, 0.5) is 47.6 Å². The highest BCUT2D eigenvalue weighted by atomic mass is 79.9.